The van der Waals surface area contributed by atoms with Gasteiger partial charge in [0.1, 0.15) is 12.2 Å². The van der Waals surface area contributed by atoms with E-state index in [0.29, 0.717) is 11.8 Å². The first-order valence-corrected chi connectivity index (χ1v) is 14.1. The van der Waals surface area contributed by atoms with Crippen molar-refractivity contribution in [3.63, 3.8) is 0 Å². The molecule has 0 aromatic carbocycles. The van der Waals surface area contributed by atoms with Gasteiger partial charge < -0.3 is 33.5 Å². The Morgan fingerprint density at radius 3 is 1.43 bits per heavy atom. The van der Waals surface area contributed by atoms with Crippen molar-refractivity contribution >= 4 is 0 Å². The Morgan fingerprint density at radius 2 is 0.943 bits per heavy atom. The van der Waals surface area contributed by atoms with Crippen LogP contribution >= 0.6 is 0 Å². The summed E-state index contributed by atoms with van der Waals surface area (Å²) in [5.74, 6) is 0.981. The van der Waals surface area contributed by atoms with Crippen molar-refractivity contribution in [2.75, 3.05) is 7.11 Å². The van der Waals surface area contributed by atoms with Crippen LogP contribution in [0.3, 0.4) is 0 Å². The second kappa shape index (κ2) is 12.5. The minimum absolute atomic E-state index is 0.0392. The van der Waals surface area contributed by atoms with Gasteiger partial charge in [-0.25, -0.2) is 0 Å². The van der Waals surface area contributed by atoms with Crippen molar-refractivity contribution < 1.29 is 33.5 Å². The van der Waals surface area contributed by atoms with Gasteiger partial charge in [-0.1, -0.05) is 62.3 Å². The highest BCUT2D eigenvalue weighted by Gasteiger charge is 2.50. The monoisotopic (exact) mass is 500 g/mol. The molecule has 0 bridgehead atoms. The molecule has 0 spiro atoms. The van der Waals surface area contributed by atoms with Gasteiger partial charge in [0.2, 0.25) is 0 Å². The highest BCUT2D eigenvalue weighted by molar-refractivity contribution is 4.91. The Labute approximate surface area is 213 Å². The van der Waals surface area contributed by atoms with Gasteiger partial charge in [0.25, 0.3) is 0 Å². The number of rotatable bonds is 8. The first-order chi connectivity index (χ1) is 16.6. The Hall–Kier alpha value is -0.280. The number of aliphatic hydroxyl groups excluding tert-OH is 1. The van der Waals surface area contributed by atoms with E-state index in [4.69, 9.17) is 28.4 Å². The third-order valence-electron chi connectivity index (χ3n) is 9.45. The third kappa shape index (κ3) is 5.92. The summed E-state index contributed by atoms with van der Waals surface area (Å²) in [6.07, 6.45) is 0.232. The van der Waals surface area contributed by atoms with Crippen molar-refractivity contribution in [3.05, 3.63) is 0 Å². The summed E-state index contributed by atoms with van der Waals surface area (Å²) >= 11 is 0. The van der Waals surface area contributed by atoms with Crippen molar-refractivity contribution in [1.82, 2.24) is 0 Å². The predicted octanol–water partition coefficient (Wildman–Crippen LogP) is 4.99. The van der Waals surface area contributed by atoms with E-state index in [1.807, 2.05) is 6.92 Å². The summed E-state index contributed by atoms with van der Waals surface area (Å²) in [5, 5.41) is 10.9. The number of hydrogen-bond acceptors (Lipinski definition) is 7. The van der Waals surface area contributed by atoms with Gasteiger partial charge in [0.05, 0.1) is 24.4 Å². The second-order valence-electron chi connectivity index (χ2n) is 11.4. The molecule has 0 amide bonds. The van der Waals surface area contributed by atoms with Gasteiger partial charge >= 0.3 is 0 Å². The summed E-state index contributed by atoms with van der Waals surface area (Å²) < 4.78 is 38.4. The lowest BCUT2D eigenvalue weighted by Gasteiger charge is -2.50. The molecule has 3 fully saturated rings. The van der Waals surface area contributed by atoms with E-state index in [2.05, 4.69) is 55.4 Å². The van der Waals surface area contributed by atoms with Crippen molar-refractivity contribution in [1.29, 1.82) is 0 Å². The summed E-state index contributed by atoms with van der Waals surface area (Å²) in [7, 11) is 1.68. The molecule has 7 heteroatoms. The van der Waals surface area contributed by atoms with E-state index in [1.54, 1.807) is 7.11 Å². The van der Waals surface area contributed by atoms with Crippen LogP contribution in [-0.4, -0.2) is 67.7 Å². The molecule has 0 aromatic heterocycles. The Morgan fingerprint density at radius 1 is 0.543 bits per heavy atom. The number of hydrogen-bond donors (Lipinski definition) is 1. The van der Waals surface area contributed by atoms with Crippen LogP contribution in [0, 0.1) is 35.5 Å². The standard InChI is InChI=1S/C28H52O7/c1-11-20-14(4)16(6)24(27(30-10)32-20)35-28-25(17(7)15(5)21(12-2)33-28)34-26-19(9)23(29)18(8)22(13-3)31-26/h14-29H,11-13H2,1-10H3/t14-,15-,16-,17-,18+,19?,20?,21?,22?,23-,24?,25?,26+,27-,28+/m0/s1. The zero-order valence-electron chi connectivity index (χ0n) is 23.7. The smallest absolute Gasteiger partial charge is 0.185 e. The minimum Gasteiger partial charge on any atom is -0.392 e. The van der Waals surface area contributed by atoms with E-state index >= 15 is 0 Å². The molecule has 35 heavy (non-hydrogen) atoms. The fourth-order valence-corrected chi connectivity index (χ4v) is 6.34. The molecule has 0 aliphatic carbocycles. The maximum absolute atomic E-state index is 10.9. The van der Waals surface area contributed by atoms with Crippen molar-refractivity contribution in [3.8, 4) is 0 Å². The molecule has 3 saturated heterocycles. The van der Waals surface area contributed by atoms with E-state index in [0.717, 1.165) is 19.3 Å². The van der Waals surface area contributed by atoms with E-state index in [9.17, 15) is 5.11 Å². The van der Waals surface area contributed by atoms with Crippen LogP contribution in [0.5, 0.6) is 0 Å². The number of methoxy groups -OCH3 is 1. The van der Waals surface area contributed by atoms with Gasteiger partial charge in [0.15, 0.2) is 18.9 Å². The third-order valence-corrected chi connectivity index (χ3v) is 9.45. The first-order valence-electron chi connectivity index (χ1n) is 14.1. The van der Waals surface area contributed by atoms with Gasteiger partial charge in [-0.15, -0.1) is 0 Å². The summed E-state index contributed by atoms with van der Waals surface area (Å²) in [4.78, 5) is 0. The number of aliphatic hydroxyl groups is 1. The van der Waals surface area contributed by atoms with Crippen LogP contribution in [0.25, 0.3) is 0 Å². The van der Waals surface area contributed by atoms with Gasteiger partial charge in [-0.3, -0.25) is 0 Å². The molecule has 1 N–H and O–H groups in total. The lowest BCUT2D eigenvalue weighted by Crippen LogP contribution is -2.59. The maximum atomic E-state index is 10.9. The average Bonchev–Trinajstić information content (AvgIpc) is 2.86. The fourth-order valence-electron chi connectivity index (χ4n) is 6.34. The molecule has 6 unspecified atom stereocenters. The molecule has 0 saturated carbocycles. The van der Waals surface area contributed by atoms with Crippen LogP contribution in [0.15, 0.2) is 0 Å². The fraction of sp³-hybridized carbons (Fsp3) is 1.00. The molecule has 7 nitrogen and oxygen atoms in total. The lowest BCUT2D eigenvalue weighted by molar-refractivity contribution is -0.370. The minimum atomic E-state index is -0.572. The highest BCUT2D eigenvalue weighted by Crippen LogP contribution is 2.41. The molecule has 3 rings (SSSR count). The molecular weight excluding hydrogens is 448 g/mol. The van der Waals surface area contributed by atoms with Crippen LogP contribution in [0.2, 0.25) is 0 Å². The molecule has 3 aliphatic rings. The topological polar surface area (TPSA) is 75.6 Å². The summed E-state index contributed by atoms with van der Waals surface area (Å²) in [6, 6.07) is 0. The van der Waals surface area contributed by atoms with E-state index in [1.165, 1.54) is 0 Å². The van der Waals surface area contributed by atoms with Crippen molar-refractivity contribution in [2.24, 2.45) is 35.5 Å². The van der Waals surface area contributed by atoms with Crippen LogP contribution in [0.1, 0.15) is 81.6 Å². The normalized spacial score (nSPS) is 51.3. The summed E-state index contributed by atoms with van der Waals surface area (Å²) in [6.45, 7) is 19.3. The van der Waals surface area contributed by atoms with Crippen LogP contribution in [0.4, 0.5) is 0 Å². The number of ether oxygens (including phenoxy) is 6. The zero-order valence-corrected chi connectivity index (χ0v) is 23.7. The molecular formula is C28H52O7. The zero-order chi connectivity index (χ0) is 26.0. The predicted molar refractivity (Wildman–Crippen MR) is 135 cm³/mol. The van der Waals surface area contributed by atoms with Crippen LogP contribution in [-0.2, 0) is 28.4 Å². The maximum Gasteiger partial charge on any atom is 0.185 e. The van der Waals surface area contributed by atoms with Crippen LogP contribution < -0.4 is 0 Å². The van der Waals surface area contributed by atoms with Gasteiger partial charge in [-0.05, 0) is 42.9 Å². The highest BCUT2D eigenvalue weighted by atomic mass is 16.8. The van der Waals surface area contributed by atoms with E-state index < -0.39 is 25.0 Å². The Bertz CT molecular complexity index is 643. The summed E-state index contributed by atoms with van der Waals surface area (Å²) in [5.41, 5.74) is 0. The molecule has 206 valence electrons. The quantitative estimate of drug-likeness (QED) is 0.503. The van der Waals surface area contributed by atoms with E-state index in [-0.39, 0.29) is 54.2 Å². The Kier molecular flexibility index (Phi) is 10.5. The van der Waals surface area contributed by atoms with Gasteiger partial charge in [0, 0.05) is 18.9 Å². The lowest BCUT2D eigenvalue weighted by atomic mass is 9.81. The molecule has 0 radical (unpaired) electrons. The Balaban J connectivity index is 1.84. The first kappa shape index (κ1) is 29.3. The van der Waals surface area contributed by atoms with Crippen molar-refractivity contribution in [2.45, 2.75) is 137 Å². The molecule has 3 aliphatic heterocycles. The SMILES string of the molecule is CCC1O[C@H](OC2[C@@H](OC)OC(CC)[C@@H](C)[C@@H]2C)C(O[C@H]2OC(CC)[C@@H](C)[C@H](O)C2C)[C@@H](C)[C@@H]1C. The molecule has 0 aromatic rings. The molecule has 15 atom stereocenters. The molecule has 3 heterocycles. The second-order valence-corrected chi connectivity index (χ2v) is 11.4. The largest absolute Gasteiger partial charge is 0.392 e. The van der Waals surface area contributed by atoms with Gasteiger partial charge in [-0.2, -0.15) is 0 Å². The average molecular weight is 501 g/mol.